The van der Waals surface area contributed by atoms with Crippen molar-refractivity contribution < 1.29 is 157 Å². The third kappa shape index (κ3) is 51.7. The third-order valence-electron chi connectivity index (χ3n) is 19.7. The molecule has 1 heterocycles. The lowest BCUT2D eigenvalue weighted by molar-refractivity contribution is -0.193. The predicted octanol–water partition coefficient (Wildman–Crippen LogP) is 4.76. The Balaban J connectivity index is 3.86. The van der Waals surface area contributed by atoms with Crippen molar-refractivity contribution in [1.29, 1.82) is 0 Å². The van der Waals surface area contributed by atoms with Gasteiger partial charge in [0.05, 0.1) is 94.3 Å². The number of Topliss-reactive ketones (excluding diaryl/α,β-unsaturated/α-hetero) is 2. The largest absolute Gasteiger partial charge is 0.465 e. The molecule has 0 aromatic rings. The number of carbonyl (C=O) groups is 19. The van der Waals surface area contributed by atoms with Crippen LogP contribution in [-0.4, -0.2) is 301 Å². The van der Waals surface area contributed by atoms with Crippen LogP contribution in [0.3, 0.4) is 0 Å². The quantitative estimate of drug-likeness (QED) is 0.0187. The van der Waals surface area contributed by atoms with Crippen molar-refractivity contribution in [2.45, 2.75) is 231 Å². The molecule has 770 valence electrons. The second-order valence-corrected chi connectivity index (χ2v) is 42.6. The lowest BCUT2D eigenvalue weighted by Crippen LogP contribution is -2.54. The van der Waals surface area contributed by atoms with Gasteiger partial charge >= 0.3 is 47.8 Å². The van der Waals surface area contributed by atoms with Crippen LogP contribution in [0.15, 0.2) is 12.2 Å². The lowest BCUT2D eigenvalue weighted by Gasteiger charge is -2.34. The zero-order chi connectivity index (χ0) is 103. The Hall–Kier alpha value is -9.97. The maximum atomic E-state index is 14.1. The van der Waals surface area contributed by atoms with Crippen molar-refractivity contribution in [2.24, 2.45) is 65.5 Å². The van der Waals surface area contributed by atoms with Crippen LogP contribution in [0.2, 0.25) is 0 Å². The fourth-order valence-electron chi connectivity index (χ4n) is 10.5. The molecule has 0 aromatic heterocycles. The first-order valence-corrected chi connectivity index (χ1v) is 45.4. The number of hydrogen-bond donors (Lipinski definition) is 7. The van der Waals surface area contributed by atoms with Gasteiger partial charge in [-0.15, -0.1) is 0 Å². The number of ketones is 2. The van der Waals surface area contributed by atoms with Gasteiger partial charge in [0.25, 0.3) is 11.8 Å². The summed E-state index contributed by atoms with van der Waals surface area (Å²) in [7, 11) is 0. The maximum absolute atomic E-state index is 14.1. The van der Waals surface area contributed by atoms with E-state index in [1.54, 1.807) is 180 Å². The van der Waals surface area contributed by atoms with Crippen molar-refractivity contribution in [3.05, 3.63) is 12.2 Å². The molecule has 0 radical (unpaired) electrons. The first-order chi connectivity index (χ1) is 62.0. The minimum atomic E-state index is -1.83. The van der Waals surface area contributed by atoms with E-state index < -0.39 is 317 Å². The molecule has 1 unspecified atom stereocenters. The Morgan fingerprint density at radius 1 is 0.289 bits per heavy atom. The Morgan fingerprint density at radius 3 is 0.919 bits per heavy atom. The number of ether oxygens (including phenoxy) is 14. The molecule has 1 rings (SSSR count). The van der Waals surface area contributed by atoms with Gasteiger partial charge in [0.15, 0.2) is 11.4 Å². The minimum absolute atomic E-state index is 0.0395. The first kappa shape index (κ1) is 123. The third-order valence-corrected chi connectivity index (χ3v) is 19.7. The number of rotatable bonds is 62. The highest BCUT2D eigenvalue weighted by molar-refractivity contribution is 6.13. The molecule has 41 heteroatoms. The monoisotopic (exact) mass is 1930 g/mol. The molecule has 9 amide bonds. The molecule has 0 aliphatic carbocycles. The number of imide groups is 1. The molecule has 0 bridgehead atoms. The van der Waals surface area contributed by atoms with Crippen molar-refractivity contribution in [2.75, 3.05) is 178 Å². The molecule has 7 N–H and O–H groups in total. The molecule has 0 aromatic carbocycles. The lowest BCUT2D eigenvalue weighted by atomic mass is 9.88. The summed E-state index contributed by atoms with van der Waals surface area (Å²) in [6, 6.07) is 0. The van der Waals surface area contributed by atoms with Crippen LogP contribution in [0, 0.1) is 65.5 Å². The van der Waals surface area contributed by atoms with Crippen LogP contribution >= 0.6 is 0 Å². The molecule has 41 nitrogen and oxygen atoms in total. The van der Waals surface area contributed by atoms with Gasteiger partial charge in [-0.2, -0.15) is 0 Å². The van der Waals surface area contributed by atoms with E-state index in [1.807, 2.05) is 0 Å². The van der Waals surface area contributed by atoms with E-state index in [9.17, 15) is 91.1 Å². The molecule has 0 spiro atoms. The molecule has 0 saturated carbocycles. The average molecular weight is 1930 g/mol. The molecule has 135 heavy (non-hydrogen) atoms. The van der Waals surface area contributed by atoms with Gasteiger partial charge in [-0.25, -0.2) is 0 Å². The Kier molecular flexibility index (Phi) is 51.6. The first-order valence-electron chi connectivity index (χ1n) is 45.4. The van der Waals surface area contributed by atoms with Crippen molar-refractivity contribution >= 4 is 112 Å². The fourth-order valence-corrected chi connectivity index (χ4v) is 10.5. The Morgan fingerprint density at radius 2 is 0.593 bits per heavy atom. The normalized spacial score (nSPS) is 13.4. The van der Waals surface area contributed by atoms with Gasteiger partial charge in [0.1, 0.15) is 85.1 Å². The van der Waals surface area contributed by atoms with Crippen LogP contribution in [0.4, 0.5) is 0 Å². The highest BCUT2D eigenvalue weighted by Crippen LogP contribution is 2.31. The van der Waals surface area contributed by atoms with E-state index >= 15 is 0 Å². The number of amides is 9. The standard InChI is InChI=1S/C94H156N8O33/c1-63(2)75(114)127-54-92(55-128-76(115)84(6,7)8,56-129-77(116)85(9,10)11)52-124-45-70(109)95-36-31-66(105)99-48-91(51-123-43-39-98-69(108)35-42-122-41-27-28-64(103)34-40-102-73(112)29-30-74(102)113,49-100-67(106)32-37-96-71(110)46-125-53-93(57-130-78(117)86(12,13)14,58-131-79(118)87(15,16)17)59-132-80(119)88(18,19)20)50-101-68(107)33-38-97-72(111)47-126-60-94(61-133-81(120)89(21,22)23,62-134-82(121)90(24,25)26)135-44-65(104)83(3,4)5/h29-30,63H,27-28,31-62H2,1-26H3,(H,95,109)(H,96,110)(H,97,111)(H,98,108)(H,99,105)(H,100,106)(H,101,107). The van der Waals surface area contributed by atoms with E-state index in [1.165, 1.54) is 0 Å². The average Bonchev–Trinajstić information content (AvgIpc) is 1.51. The second kappa shape index (κ2) is 56.7. The van der Waals surface area contributed by atoms with E-state index in [-0.39, 0.29) is 83.4 Å². The molecule has 0 fully saturated rings. The summed E-state index contributed by atoms with van der Waals surface area (Å²) in [4.78, 5) is 251. The molecular weight excluding hydrogens is 1770 g/mol. The summed E-state index contributed by atoms with van der Waals surface area (Å²) in [6.45, 7) is 30.9. The van der Waals surface area contributed by atoms with Crippen LogP contribution < -0.4 is 37.2 Å². The molecule has 1 atom stereocenters. The fraction of sp³-hybridized carbons (Fsp3) is 0.777. The van der Waals surface area contributed by atoms with E-state index in [0.717, 1.165) is 17.1 Å². The number of nitrogens with zero attached hydrogens (tertiary/aromatic N) is 1. The van der Waals surface area contributed by atoms with Gasteiger partial charge in [0, 0.05) is 120 Å². The second-order valence-electron chi connectivity index (χ2n) is 42.6. The summed E-state index contributed by atoms with van der Waals surface area (Å²) < 4.78 is 80.8. The van der Waals surface area contributed by atoms with E-state index in [2.05, 4.69) is 37.2 Å². The smallest absolute Gasteiger partial charge is 0.311 e. The Bertz CT molecular complexity index is 3670. The van der Waals surface area contributed by atoms with Crippen LogP contribution in [0.1, 0.15) is 225 Å². The predicted molar refractivity (Wildman–Crippen MR) is 487 cm³/mol. The van der Waals surface area contributed by atoms with Gasteiger partial charge in [0.2, 0.25) is 41.4 Å². The zero-order valence-corrected chi connectivity index (χ0v) is 84.7. The highest BCUT2D eigenvalue weighted by atomic mass is 16.6. The summed E-state index contributed by atoms with van der Waals surface area (Å²) >= 11 is 0. The van der Waals surface area contributed by atoms with Crippen LogP contribution in [0.5, 0.6) is 0 Å². The number of nitrogens with one attached hydrogen (secondary N) is 7. The topological polar surface area (TPSA) is 541 Å². The Labute approximate surface area is 794 Å². The van der Waals surface area contributed by atoms with Gasteiger partial charge in [-0.1, -0.05) is 34.6 Å². The van der Waals surface area contributed by atoms with Crippen molar-refractivity contribution in [1.82, 2.24) is 42.1 Å². The van der Waals surface area contributed by atoms with Gasteiger partial charge in [-0.3, -0.25) is 96.0 Å². The van der Waals surface area contributed by atoms with Crippen molar-refractivity contribution in [3.63, 3.8) is 0 Å². The van der Waals surface area contributed by atoms with Crippen molar-refractivity contribution in [3.8, 4) is 0 Å². The van der Waals surface area contributed by atoms with E-state index in [0.29, 0.717) is 6.42 Å². The number of carbonyl (C=O) groups excluding carboxylic acids is 19. The summed E-state index contributed by atoms with van der Waals surface area (Å²) in [5.74, 6) is -12.3. The van der Waals surface area contributed by atoms with Crippen LogP contribution in [0.25, 0.3) is 0 Å². The molecular formula is C94H156N8O33. The number of esters is 8. The highest BCUT2D eigenvalue weighted by Gasteiger charge is 2.45. The zero-order valence-electron chi connectivity index (χ0n) is 84.7. The van der Waals surface area contributed by atoms with Gasteiger partial charge < -0.3 is 104 Å². The summed E-state index contributed by atoms with van der Waals surface area (Å²) in [5, 5.41) is 18.8. The van der Waals surface area contributed by atoms with Crippen LogP contribution in [-0.2, 0) is 157 Å². The SMILES string of the molecule is CC(C)C(=O)OCC(COCC(=O)NCCC(=O)NCC(CNC(=O)CCNC(=O)COCC(COC(=O)C(C)(C)C)(COC(=O)C(C)(C)C)COC(=O)C(C)(C)C)(CNC(=O)CCNC(=O)COCC(COC(=O)C(C)(C)C)(COC(=O)C(C)(C)C)OCC(=O)C(C)(C)C)COCCNC(=O)CCOCCCC(=O)CCN1C(=O)C=CC1=O)(COC(=O)C(C)(C)C)COC(=O)C(C)(C)C. The number of hydrogen-bond acceptors (Lipinski definition) is 33. The van der Waals surface area contributed by atoms with Gasteiger partial charge in [-0.05, 0) is 152 Å². The molecule has 0 saturated heterocycles. The molecule has 1 aliphatic heterocycles. The minimum Gasteiger partial charge on any atom is -0.465 e. The summed E-state index contributed by atoms with van der Waals surface area (Å²) in [6.07, 6.45) is 1.23. The summed E-state index contributed by atoms with van der Waals surface area (Å²) in [5.41, 5.74) is -14.4. The molecule has 1 aliphatic rings. The maximum Gasteiger partial charge on any atom is 0.311 e. The van der Waals surface area contributed by atoms with E-state index in [4.69, 9.17) is 66.3 Å².